The van der Waals surface area contributed by atoms with E-state index in [1.807, 2.05) is 0 Å². The molecule has 4 heterocycles. The zero-order valence-electron chi connectivity index (χ0n) is 29.1. The second kappa shape index (κ2) is 19.5. The summed E-state index contributed by atoms with van der Waals surface area (Å²) in [6.07, 6.45) is -3.79. The zero-order valence-corrected chi connectivity index (χ0v) is 30.6. The molecule has 0 aromatic rings. The van der Waals surface area contributed by atoms with E-state index in [9.17, 15) is 50.1 Å². The van der Waals surface area contributed by atoms with Crippen LogP contribution >= 0.6 is 23.2 Å². The number of ketones is 1. The van der Waals surface area contributed by atoms with Crippen LogP contribution < -0.4 is 5.73 Å². The van der Waals surface area contributed by atoms with Crippen LogP contribution in [0.1, 0.15) is 20.3 Å². The topological polar surface area (TPSA) is 268 Å². The number of aliphatic hydroxyl groups is 7. The van der Waals surface area contributed by atoms with E-state index in [0.717, 1.165) is 11.0 Å². The van der Waals surface area contributed by atoms with Crippen LogP contribution in [-0.2, 0) is 38.1 Å². The van der Waals surface area contributed by atoms with Crippen molar-refractivity contribution >= 4 is 40.8 Å². The van der Waals surface area contributed by atoms with Crippen LogP contribution in [0.4, 0.5) is 0 Å². The number of rotatable bonds is 13. The predicted octanol–water partition coefficient (Wildman–Crippen LogP) is -0.663. The Morgan fingerprint density at radius 3 is 2.11 bits per heavy atom. The van der Waals surface area contributed by atoms with Crippen LogP contribution in [-0.4, -0.2) is 151 Å². The number of carbonyl (C=O) groups excluding carboxylic acids is 3. The molecule has 2 amide bonds. The highest BCUT2D eigenvalue weighted by molar-refractivity contribution is 6.34. The molecule has 298 valence electrons. The van der Waals surface area contributed by atoms with Crippen molar-refractivity contribution < 1.29 is 73.8 Å². The normalized spacial score (nSPS) is 38.3. The fraction of sp³-hybridized carbons (Fsp3) is 0.514. The first kappa shape index (κ1) is 43.5. The average molecular weight is 804 g/mol. The van der Waals surface area contributed by atoms with Crippen LogP contribution in [0.25, 0.3) is 0 Å². The highest BCUT2D eigenvalue weighted by atomic mass is 35.5. The molecule has 4 aliphatic heterocycles. The Balaban J connectivity index is 1.50. The van der Waals surface area contributed by atoms with Gasteiger partial charge in [0.15, 0.2) is 24.6 Å². The summed E-state index contributed by atoms with van der Waals surface area (Å²) in [6, 6.07) is -1.63. The van der Waals surface area contributed by atoms with E-state index in [1.54, 1.807) is 49.5 Å². The number of carbonyl (C=O) groups is 3. The minimum atomic E-state index is -1.89. The summed E-state index contributed by atoms with van der Waals surface area (Å²) in [7, 11) is 0. The standard InChI is InChI=1S/C35H44Cl2N2O15/c1-16(36)12-18(37)10-8-6-4-3-5-7-9-11-20(40)24-26(44)19(13-23(38)42)39(32(24)49)33-31(27(45)21(41)14-50-33)54-34-30(48)28(46)22(15-51-34)53-35-29(47)25(43)17(2)52-35/h3-12,17,19,21-22,25,27-31,33-35,40-41,43,45-48H,13-15H2,1-2H3,(H2,38,42)/b4-3+,7-5+,8-6+,11-9+,16-12-,18-10-,24-20-/t17-,19+,21-,22-,25-,27+,28-,29+,30+,31-,33-,34+,35-/m1/s1. The van der Waals surface area contributed by atoms with Gasteiger partial charge in [-0.05, 0) is 32.1 Å². The van der Waals surface area contributed by atoms with Crippen LogP contribution in [0.2, 0.25) is 0 Å². The number of allylic oxidation sites excluding steroid dienone is 12. The maximum absolute atomic E-state index is 13.8. The van der Waals surface area contributed by atoms with Crippen molar-refractivity contribution in [1.82, 2.24) is 4.90 Å². The van der Waals surface area contributed by atoms with Crippen LogP contribution in [0, 0.1) is 0 Å². The quantitative estimate of drug-likeness (QED) is 0.0497. The van der Waals surface area contributed by atoms with Crippen molar-refractivity contribution in [2.24, 2.45) is 5.73 Å². The molecule has 19 heteroatoms. The number of aliphatic hydroxyl groups excluding tert-OH is 7. The van der Waals surface area contributed by atoms with E-state index in [2.05, 4.69) is 0 Å². The summed E-state index contributed by atoms with van der Waals surface area (Å²) in [5.74, 6) is -3.88. The Bertz CT molecular complexity index is 1590. The van der Waals surface area contributed by atoms with E-state index in [1.165, 1.54) is 19.1 Å². The van der Waals surface area contributed by atoms with Crippen molar-refractivity contribution in [3.05, 3.63) is 82.2 Å². The van der Waals surface area contributed by atoms with Crippen molar-refractivity contribution in [3.8, 4) is 0 Å². The van der Waals surface area contributed by atoms with Crippen molar-refractivity contribution in [2.75, 3.05) is 13.2 Å². The summed E-state index contributed by atoms with van der Waals surface area (Å²) in [6.45, 7) is 2.15. The summed E-state index contributed by atoms with van der Waals surface area (Å²) < 4.78 is 27.9. The molecule has 0 aliphatic carbocycles. The number of nitrogens with two attached hydrogens (primary N) is 1. The third-order valence-corrected chi connectivity index (χ3v) is 9.06. The number of Topliss-reactive ketones (excluding diaryl/α,β-unsaturated/α-hetero) is 1. The molecular formula is C35H44Cl2N2O15. The minimum absolute atomic E-state index is 0.431. The molecule has 4 saturated heterocycles. The maximum atomic E-state index is 13.8. The molecule has 17 nitrogen and oxygen atoms in total. The molecule has 0 unspecified atom stereocenters. The molecular weight excluding hydrogens is 759 g/mol. The molecule has 0 radical (unpaired) electrons. The average Bonchev–Trinajstić information content (AvgIpc) is 3.49. The SMILES string of the molecule is C/C(Cl)=C/C(Cl)=C/C=C/C=C/C=C/C=C/C(O)=C1\C(=O)[C@H](CC(N)=O)N([C@@H]2OC[C@@H](O)[C@H](O)[C@H]2O[C@@H]2OC[C@@H](O[C@H]3O[C@H](C)[C@@H](O)[C@@H]3O)[C@@H](O)[C@@H]2O)C1=O. The molecule has 4 fully saturated rings. The van der Waals surface area contributed by atoms with E-state index in [4.69, 9.17) is 52.6 Å². The number of hydrogen-bond acceptors (Lipinski definition) is 15. The molecule has 13 atom stereocenters. The largest absolute Gasteiger partial charge is 0.507 e. The molecule has 0 aromatic heterocycles. The summed E-state index contributed by atoms with van der Waals surface area (Å²) in [5, 5.41) is 75.0. The number of likely N-dealkylation sites (tertiary alicyclic amines) is 1. The molecule has 0 spiro atoms. The van der Waals surface area contributed by atoms with Gasteiger partial charge in [0.1, 0.15) is 66.2 Å². The van der Waals surface area contributed by atoms with Crippen molar-refractivity contribution in [2.45, 2.75) is 100 Å². The molecule has 4 aliphatic rings. The lowest BCUT2D eigenvalue weighted by Gasteiger charge is -2.46. The number of primary amides is 1. The Labute approximate surface area is 320 Å². The molecule has 0 bridgehead atoms. The van der Waals surface area contributed by atoms with Gasteiger partial charge in [0.05, 0.1) is 25.7 Å². The van der Waals surface area contributed by atoms with Crippen molar-refractivity contribution in [1.29, 1.82) is 0 Å². The first-order valence-electron chi connectivity index (χ1n) is 16.8. The number of halogens is 2. The third-order valence-electron chi connectivity index (χ3n) is 8.71. The first-order valence-corrected chi connectivity index (χ1v) is 17.5. The fourth-order valence-electron chi connectivity index (χ4n) is 5.94. The lowest BCUT2D eigenvalue weighted by atomic mass is 10.0. The number of hydrogen-bond donors (Lipinski definition) is 8. The van der Waals surface area contributed by atoms with Crippen LogP contribution in [0.5, 0.6) is 0 Å². The maximum Gasteiger partial charge on any atom is 0.264 e. The monoisotopic (exact) mass is 802 g/mol. The lowest BCUT2D eigenvalue weighted by molar-refractivity contribution is -0.338. The van der Waals surface area contributed by atoms with Gasteiger partial charge in [-0.1, -0.05) is 65.7 Å². The minimum Gasteiger partial charge on any atom is -0.507 e. The highest BCUT2D eigenvalue weighted by Gasteiger charge is 2.56. The van der Waals surface area contributed by atoms with Crippen LogP contribution in [0.3, 0.4) is 0 Å². The molecule has 54 heavy (non-hydrogen) atoms. The lowest BCUT2D eigenvalue weighted by Crippen LogP contribution is -2.65. The zero-order chi connectivity index (χ0) is 39.9. The summed E-state index contributed by atoms with van der Waals surface area (Å²) in [5.41, 5.74) is 4.67. The molecule has 4 rings (SSSR count). The predicted molar refractivity (Wildman–Crippen MR) is 189 cm³/mol. The first-order chi connectivity index (χ1) is 25.5. The smallest absolute Gasteiger partial charge is 0.264 e. The van der Waals surface area contributed by atoms with E-state index in [0.29, 0.717) is 10.1 Å². The Kier molecular flexibility index (Phi) is 15.7. The van der Waals surface area contributed by atoms with Gasteiger partial charge in [-0.3, -0.25) is 19.3 Å². The van der Waals surface area contributed by atoms with Gasteiger partial charge in [-0.25, -0.2) is 0 Å². The van der Waals surface area contributed by atoms with Gasteiger partial charge in [-0.2, -0.15) is 0 Å². The number of ether oxygens (including phenoxy) is 5. The second-order valence-corrected chi connectivity index (χ2v) is 13.8. The fourth-order valence-corrected chi connectivity index (χ4v) is 6.35. The van der Waals surface area contributed by atoms with E-state index < -0.39 is 128 Å². The van der Waals surface area contributed by atoms with Gasteiger partial charge in [0.25, 0.3) is 5.91 Å². The molecule has 0 aromatic carbocycles. The molecule has 0 saturated carbocycles. The van der Waals surface area contributed by atoms with Gasteiger partial charge in [0.2, 0.25) is 5.91 Å². The Morgan fingerprint density at radius 2 is 1.50 bits per heavy atom. The molecule has 9 N–H and O–H groups in total. The van der Waals surface area contributed by atoms with Crippen LogP contribution in [0.15, 0.2) is 82.2 Å². The van der Waals surface area contributed by atoms with Gasteiger partial charge >= 0.3 is 0 Å². The van der Waals surface area contributed by atoms with E-state index >= 15 is 0 Å². The van der Waals surface area contributed by atoms with Gasteiger partial charge < -0.3 is 65.2 Å². The Hall–Kier alpha value is -3.27. The highest BCUT2D eigenvalue weighted by Crippen LogP contribution is 2.35. The van der Waals surface area contributed by atoms with E-state index in [-0.39, 0.29) is 0 Å². The Morgan fingerprint density at radius 1 is 0.870 bits per heavy atom. The summed E-state index contributed by atoms with van der Waals surface area (Å²) in [4.78, 5) is 40.1. The summed E-state index contributed by atoms with van der Waals surface area (Å²) >= 11 is 11.7. The number of amides is 2. The number of nitrogens with zero attached hydrogens (tertiary/aromatic N) is 1. The van der Waals surface area contributed by atoms with Gasteiger partial charge in [0, 0.05) is 10.1 Å². The van der Waals surface area contributed by atoms with Gasteiger partial charge in [-0.15, -0.1) is 0 Å². The third kappa shape index (κ3) is 10.5. The second-order valence-electron chi connectivity index (χ2n) is 12.8. The van der Waals surface area contributed by atoms with Crippen molar-refractivity contribution in [3.63, 3.8) is 0 Å².